The Hall–Kier alpha value is -3.36. The number of aromatic nitrogens is 2. The lowest BCUT2D eigenvalue weighted by molar-refractivity contribution is -0.131. The van der Waals surface area contributed by atoms with Crippen molar-refractivity contribution < 1.29 is 19.1 Å². The average Bonchev–Trinajstić information content (AvgIpc) is 3.20. The molecule has 0 spiro atoms. The van der Waals surface area contributed by atoms with Crippen molar-refractivity contribution in [3.05, 3.63) is 40.8 Å². The maximum absolute atomic E-state index is 12.5. The van der Waals surface area contributed by atoms with E-state index in [-0.39, 0.29) is 31.2 Å². The second-order valence-corrected chi connectivity index (χ2v) is 7.90. The molecule has 9 heteroatoms. The Balaban J connectivity index is 1.52. The van der Waals surface area contributed by atoms with Crippen LogP contribution >= 0.6 is 0 Å². The highest BCUT2D eigenvalue weighted by Gasteiger charge is 2.32. The van der Waals surface area contributed by atoms with E-state index in [1.807, 2.05) is 37.1 Å². The second-order valence-electron chi connectivity index (χ2n) is 7.90. The van der Waals surface area contributed by atoms with Gasteiger partial charge < -0.3 is 24.6 Å². The van der Waals surface area contributed by atoms with Gasteiger partial charge in [-0.05, 0) is 31.0 Å². The van der Waals surface area contributed by atoms with Crippen molar-refractivity contribution in [2.75, 3.05) is 38.4 Å². The summed E-state index contributed by atoms with van der Waals surface area (Å²) in [5.41, 5.74) is 2.18. The third kappa shape index (κ3) is 3.20. The Morgan fingerprint density at radius 1 is 1.20 bits per heavy atom. The van der Waals surface area contributed by atoms with Gasteiger partial charge in [0.05, 0.1) is 6.54 Å². The number of piperazine rings is 1. The minimum atomic E-state index is -0.194. The lowest BCUT2D eigenvalue weighted by atomic mass is 10.0. The summed E-state index contributed by atoms with van der Waals surface area (Å²) >= 11 is 0. The van der Waals surface area contributed by atoms with Crippen LogP contribution in [0.15, 0.2) is 18.2 Å². The number of nitrogens with zero attached hydrogens (tertiary/aromatic N) is 4. The van der Waals surface area contributed by atoms with Crippen LogP contribution in [-0.2, 0) is 17.6 Å². The minimum Gasteiger partial charge on any atom is -0.454 e. The van der Waals surface area contributed by atoms with E-state index in [2.05, 4.69) is 10.3 Å². The van der Waals surface area contributed by atoms with Crippen LogP contribution in [-0.4, -0.2) is 66.2 Å². The Bertz CT molecular complexity index is 1040. The first-order valence-corrected chi connectivity index (χ1v) is 10.1. The molecule has 1 atom stereocenters. The van der Waals surface area contributed by atoms with E-state index >= 15 is 0 Å². The van der Waals surface area contributed by atoms with Crippen molar-refractivity contribution in [3.63, 3.8) is 0 Å². The zero-order valence-corrected chi connectivity index (χ0v) is 17.0. The van der Waals surface area contributed by atoms with E-state index in [9.17, 15) is 9.59 Å². The van der Waals surface area contributed by atoms with Crippen LogP contribution in [0.2, 0.25) is 0 Å². The van der Waals surface area contributed by atoms with Gasteiger partial charge in [0.1, 0.15) is 17.3 Å². The molecule has 1 aromatic carbocycles. The third-order valence-electron chi connectivity index (χ3n) is 5.87. The molecule has 156 valence electrons. The van der Waals surface area contributed by atoms with Gasteiger partial charge in [-0.3, -0.25) is 9.59 Å². The highest BCUT2D eigenvalue weighted by atomic mass is 16.7. The standard InChI is InChI=1S/C21H23N5O4/c1-12-9-26(10-18(27)25(12)2)20-14-5-6-22-21(28)19(14)23-17(24-20)8-13-3-4-15-16(7-13)30-11-29-15/h3-4,7,12H,5-6,8-11H2,1-2H3,(H,22,28)/t12-/m0/s1. The summed E-state index contributed by atoms with van der Waals surface area (Å²) in [6, 6.07) is 5.78. The molecule has 0 aliphatic carbocycles. The van der Waals surface area contributed by atoms with Crippen LogP contribution in [0.1, 0.15) is 34.4 Å². The van der Waals surface area contributed by atoms with E-state index in [4.69, 9.17) is 14.5 Å². The third-order valence-corrected chi connectivity index (χ3v) is 5.87. The first-order valence-electron chi connectivity index (χ1n) is 10.1. The molecule has 2 aromatic rings. The molecule has 30 heavy (non-hydrogen) atoms. The summed E-state index contributed by atoms with van der Waals surface area (Å²) in [6.07, 6.45) is 1.09. The summed E-state index contributed by atoms with van der Waals surface area (Å²) in [4.78, 5) is 38.1. The van der Waals surface area contributed by atoms with E-state index < -0.39 is 0 Å². The number of carbonyl (C=O) groups excluding carboxylic acids is 2. The quantitative estimate of drug-likeness (QED) is 0.799. The number of hydrogen-bond donors (Lipinski definition) is 1. The number of carbonyl (C=O) groups is 2. The molecule has 3 aliphatic rings. The van der Waals surface area contributed by atoms with Crippen molar-refractivity contribution in [1.29, 1.82) is 0 Å². The number of anilines is 1. The maximum Gasteiger partial charge on any atom is 0.270 e. The van der Waals surface area contributed by atoms with Crippen molar-refractivity contribution >= 4 is 17.6 Å². The van der Waals surface area contributed by atoms with Crippen LogP contribution < -0.4 is 19.7 Å². The van der Waals surface area contributed by atoms with Crippen LogP contribution in [0.3, 0.4) is 0 Å². The molecule has 1 fully saturated rings. The molecule has 9 nitrogen and oxygen atoms in total. The van der Waals surface area contributed by atoms with Gasteiger partial charge in [0.2, 0.25) is 12.7 Å². The summed E-state index contributed by atoms with van der Waals surface area (Å²) in [6.45, 7) is 3.68. The SMILES string of the molecule is C[C@H]1CN(c2nc(Cc3ccc4c(c3)OCO4)nc3c2CCNC3=O)CC(=O)N1C. The van der Waals surface area contributed by atoms with Gasteiger partial charge in [-0.25, -0.2) is 9.97 Å². The predicted molar refractivity (Wildman–Crippen MR) is 108 cm³/mol. The summed E-state index contributed by atoms with van der Waals surface area (Å²) in [5, 5.41) is 2.86. The monoisotopic (exact) mass is 409 g/mol. The van der Waals surface area contributed by atoms with E-state index in [0.717, 1.165) is 16.9 Å². The molecular formula is C21H23N5O4. The fourth-order valence-electron chi connectivity index (χ4n) is 4.08. The zero-order chi connectivity index (χ0) is 20.8. The van der Waals surface area contributed by atoms with Gasteiger partial charge in [0, 0.05) is 38.2 Å². The summed E-state index contributed by atoms with van der Waals surface area (Å²) in [5.74, 6) is 2.49. The molecule has 0 bridgehead atoms. The summed E-state index contributed by atoms with van der Waals surface area (Å²) in [7, 11) is 1.82. The Labute approximate surface area is 174 Å². The number of ether oxygens (including phenoxy) is 2. The first kappa shape index (κ1) is 18.7. The normalized spacial score (nSPS) is 20.3. The first-order chi connectivity index (χ1) is 14.5. The van der Waals surface area contributed by atoms with Gasteiger partial charge in [-0.2, -0.15) is 0 Å². The van der Waals surface area contributed by atoms with Crippen molar-refractivity contribution in [2.24, 2.45) is 0 Å². The lowest BCUT2D eigenvalue weighted by Gasteiger charge is -2.39. The molecule has 1 N–H and O–H groups in total. The number of rotatable bonds is 3. The number of amides is 2. The Morgan fingerprint density at radius 3 is 2.87 bits per heavy atom. The smallest absolute Gasteiger partial charge is 0.270 e. The number of benzene rings is 1. The average molecular weight is 409 g/mol. The molecule has 3 aliphatic heterocycles. The fraction of sp³-hybridized carbons (Fsp3) is 0.429. The molecule has 5 rings (SSSR count). The molecule has 1 saturated heterocycles. The van der Waals surface area contributed by atoms with Gasteiger partial charge in [-0.15, -0.1) is 0 Å². The second kappa shape index (κ2) is 7.16. The molecular weight excluding hydrogens is 386 g/mol. The number of fused-ring (bicyclic) bond motifs is 2. The van der Waals surface area contributed by atoms with E-state index in [1.54, 1.807) is 4.90 Å². The molecule has 2 amide bonds. The Morgan fingerprint density at radius 2 is 2.03 bits per heavy atom. The molecule has 1 aromatic heterocycles. The summed E-state index contributed by atoms with van der Waals surface area (Å²) < 4.78 is 10.8. The molecule has 0 radical (unpaired) electrons. The topological polar surface area (TPSA) is 96.9 Å². The Kier molecular flexibility index (Phi) is 4.45. The molecule has 0 saturated carbocycles. The number of likely N-dealkylation sites (N-methyl/N-ethyl adjacent to an activating group) is 1. The van der Waals surface area contributed by atoms with Crippen molar-refractivity contribution in [1.82, 2.24) is 20.2 Å². The molecule has 0 unspecified atom stereocenters. The lowest BCUT2D eigenvalue weighted by Crippen LogP contribution is -2.54. The van der Waals surface area contributed by atoms with Gasteiger partial charge in [0.25, 0.3) is 5.91 Å². The minimum absolute atomic E-state index is 0.0405. The van der Waals surface area contributed by atoms with E-state index in [0.29, 0.717) is 49.0 Å². The van der Waals surface area contributed by atoms with Crippen molar-refractivity contribution in [2.45, 2.75) is 25.8 Å². The fourth-order valence-corrected chi connectivity index (χ4v) is 4.08. The predicted octanol–water partition coefficient (Wildman–Crippen LogP) is 0.749. The van der Waals surface area contributed by atoms with Crippen LogP contribution in [0, 0.1) is 0 Å². The van der Waals surface area contributed by atoms with Crippen LogP contribution in [0.25, 0.3) is 0 Å². The zero-order valence-electron chi connectivity index (χ0n) is 17.0. The maximum atomic E-state index is 12.5. The highest BCUT2D eigenvalue weighted by molar-refractivity contribution is 5.96. The van der Waals surface area contributed by atoms with Crippen LogP contribution in [0.4, 0.5) is 5.82 Å². The molecule has 4 heterocycles. The van der Waals surface area contributed by atoms with Gasteiger partial charge >= 0.3 is 0 Å². The van der Waals surface area contributed by atoms with Crippen molar-refractivity contribution in [3.8, 4) is 11.5 Å². The van der Waals surface area contributed by atoms with Gasteiger partial charge in [-0.1, -0.05) is 6.07 Å². The van der Waals surface area contributed by atoms with Crippen LogP contribution in [0.5, 0.6) is 11.5 Å². The highest BCUT2D eigenvalue weighted by Crippen LogP contribution is 2.33. The largest absolute Gasteiger partial charge is 0.454 e. The van der Waals surface area contributed by atoms with E-state index in [1.165, 1.54) is 0 Å². The number of hydrogen-bond acceptors (Lipinski definition) is 7. The number of nitrogens with one attached hydrogen (secondary N) is 1. The van der Waals surface area contributed by atoms with Gasteiger partial charge in [0.15, 0.2) is 11.5 Å².